The Morgan fingerprint density at radius 2 is 2.19 bits per heavy atom. The van der Waals surface area contributed by atoms with E-state index in [0.29, 0.717) is 5.82 Å². The molecule has 1 aromatic rings. The summed E-state index contributed by atoms with van der Waals surface area (Å²) >= 11 is 3.25. The average molecular weight is 257 g/mol. The van der Waals surface area contributed by atoms with Gasteiger partial charge in [0.2, 0.25) is 0 Å². The molecule has 2 rings (SSSR count). The van der Waals surface area contributed by atoms with Gasteiger partial charge in [0.1, 0.15) is 5.00 Å². The van der Waals surface area contributed by atoms with Crippen molar-refractivity contribution in [3.63, 3.8) is 0 Å². The Labute approximate surface area is 106 Å². The van der Waals surface area contributed by atoms with Gasteiger partial charge in [0.05, 0.1) is 4.90 Å². The summed E-state index contributed by atoms with van der Waals surface area (Å²) in [5, 5.41) is 1.27. The van der Waals surface area contributed by atoms with Crippen LogP contribution in [0.15, 0.2) is 4.90 Å². The van der Waals surface area contributed by atoms with E-state index in [-0.39, 0.29) is 0 Å². The smallest absolute Gasteiger partial charge is 0.153 e. The predicted octanol–water partition coefficient (Wildman–Crippen LogP) is 2.93. The van der Waals surface area contributed by atoms with Gasteiger partial charge in [-0.1, -0.05) is 13.8 Å². The Hall–Kier alpha value is -0.420. The third-order valence-corrected chi connectivity index (χ3v) is 5.35. The van der Waals surface area contributed by atoms with Gasteiger partial charge >= 0.3 is 0 Å². The van der Waals surface area contributed by atoms with Crippen molar-refractivity contribution in [2.24, 2.45) is 11.8 Å². The average Bonchev–Trinajstić information content (AvgIpc) is 2.63. The lowest BCUT2D eigenvalue weighted by Crippen LogP contribution is -2.38. The molecule has 0 radical (unpaired) electrons. The molecule has 5 heteroatoms. The first-order valence-corrected chi connectivity index (χ1v) is 7.67. The third-order valence-electron chi connectivity index (χ3n) is 3.48. The first-order valence-electron chi connectivity index (χ1n) is 5.67. The van der Waals surface area contributed by atoms with E-state index in [4.69, 9.17) is 5.73 Å². The number of piperidine rings is 1. The predicted molar refractivity (Wildman–Crippen MR) is 73.5 cm³/mol. The monoisotopic (exact) mass is 257 g/mol. The molecule has 0 spiro atoms. The minimum atomic E-state index is 0.693. The Bertz CT molecular complexity index is 364. The quantitative estimate of drug-likeness (QED) is 0.827. The molecule has 16 heavy (non-hydrogen) atoms. The molecule has 2 atom stereocenters. The largest absolute Gasteiger partial charge is 0.382 e. The Balaban J connectivity index is 2.18. The molecule has 1 aliphatic heterocycles. The van der Waals surface area contributed by atoms with Gasteiger partial charge in [0.25, 0.3) is 0 Å². The zero-order valence-corrected chi connectivity index (χ0v) is 11.7. The van der Waals surface area contributed by atoms with Gasteiger partial charge in [0.15, 0.2) is 5.82 Å². The van der Waals surface area contributed by atoms with Crippen molar-refractivity contribution >= 4 is 34.1 Å². The number of aromatic nitrogens is 1. The normalized spacial score (nSPS) is 26.1. The Morgan fingerprint density at radius 3 is 2.81 bits per heavy atom. The van der Waals surface area contributed by atoms with E-state index in [2.05, 4.69) is 29.4 Å². The van der Waals surface area contributed by atoms with Crippen molar-refractivity contribution < 1.29 is 0 Å². The van der Waals surface area contributed by atoms with Crippen molar-refractivity contribution in [1.29, 1.82) is 0 Å². The Morgan fingerprint density at radius 1 is 1.44 bits per heavy atom. The maximum atomic E-state index is 5.87. The fourth-order valence-electron chi connectivity index (χ4n) is 2.13. The third kappa shape index (κ3) is 2.15. The molecular weight excluding hydrogens is 238 g/mol. The number of rotatable bonds is 2. The van der Waals surface area contributed by atoms with Crippen LogP contribution in [0.5, 0.6) is 0 Å². The second kappa shape index (κ2) is 4.84. The molecule has 1 fully saturated rings. The van der Waals surface area contributed by atoms with Crippen LogP contribution in [0.1, 0.15) is 20.3 Å². The van der Waals surface area contributed by atoms with Crippen LogP contribution < -0.4 is 10.6 Å². The molecule has 1 saturated heterocycles. The molecule has 90 valence electrons. The van der Waals surface area contributed by atoms with Crippen LogP contribution in [0.4, 0.5) is 10.8 Å². The second-order valence-corrected chi connectivity index (χ2v) is 6.16. The molecule has 2 N–H and O–H groups in total. The summed E-state index contributed by atoms with van der Waals surface area (Å²) in [4.78, 5) is 3.61. The number of hydrogen-bond donors (Lipinski definition) is 1. The number of hydrogen-bond acceptors (Lipinski definition) is 5. The maximum Gasteiger partial charge on any atom is 0.153 e. The molecule has 3 nitrogen and oxygen atoms in total. The van der Waals surface area contributed by atoms with Crippen LogP contribution in [0.25, 0.3) is 0 Å². The number of nitrogens with two attached hydrogens (primary N) is 1. The highest BCUT2D eigenvalue weighted by molar-refractivity contribution is 7.99. The van der Waals surface area contributed by atoms with Crippen LogP contribution in [-0.2, 0) is 0 Å². The molecule has 1 aromatic heterocycles. The van der Waals surface area contributed by atoms with E-state index in [1.54, 1.807) is 23.3 Å². The van der Waals surface area contributed by atoms with E-state index in [1.807, 2.05) is 0 Å². The van der Waals surface area contributed by atoms with Crippen molar-refractivity contribution in [2.45, 2.75) is 25.2 Å². The number of anilines is 2. The highest BCUT2D eigenvalue weighted by Crippen LogP contribution is 2.39. The lowest BCUT2D eigenvalue weighted by atomic mass is 9.89. The van der Waals surface area contributed by atoms with Gasteiger partial charge in [-0.15, -0.1) is 11.8 Å². The van der Waals surface area contributed by atoms with Crippen molar-refractivity contribution in [2.75, 3.05) is 30.0 Å². The molecule has 0 aliphatic carbocycles. The van der Waals surface area contributed by atoms with E-state index in [9.17, 15) is 0 Å². The highest BCUT2D eigenvalue weighted by Gasteiger charge is 2.26. The zero-order chi connectivity index (χ0) is 11.7. The second-order valence-electron chi connectivity index (χ2n) is 4.60. The van der Waals surface area contributed by atoms with Crippen LogP contribution in [0.3, 0.4) is 0 Å². The molecule has 0 amide bonds. The van der Waals surface area contributed by atoms with E-state index in [1.165, 1.54) is 11.4 Å². The van der Waals surface area contributed by atoms with Crippen molar-refractivity contribution in [3.05, 3.63) is 0 Å². The van der Waals surface area contributed by atoms with Gasteiger partial charge in [0, 0.05) is 13.1 Å². The summed E-state index contributed by atoms with van der Waals surface area (Å²) in [6, 6.07) is 0. The van der Waals surface area contributed by atoms with Crippen LogP contribution >= 0.6 is 23.3 Å². The fourth-order valence-corrected chi connectivity index (χ4v) is 3.85. The summed E-state index contributed by atoms with van der Waals surface area (Å²) in [7, 11) is 0. The number of nitrogen functional groups attached to an aromatic ring is 1. The lowest BCUT2D eigenvalue weighted by molar-refractivity contribution is 0.324. The maximum absolute atomic E-state index is 5.87. The minimum absolute atomic E-state index is 0.693. The first-order chi connectivity index (χ1) is 7.63. The molecule has 0 aromatic carbocycles. The summed E-state index contributed by atoms with van der Waals surface area (Å²) in [5.41, 5.74) is 5.87. The Kier molecular flexibility index (Phi) is 3.64. The number of nitrogens with zero attached hydrogens (tertiary/aromatic N) is 2. The summed E-state index contributed by atoms with van der Waals surface area (Å²) < 4.78 is 4.26. The molecule has 0 bridgehead atoms. The SMILES string of the molecule is CSc1c(N)nsc1N1CCC(C)C(C)C1. The molecule has 2 heterocycles. The fraction of sp³-hybridized carbons (Fsp3) is 0.727. The standard InChI is InChI=1S/C11H19N3S2/c1-7-4-5-14(6-8(7)2)11-9(15-3)10(12)13-16-11/h7-8H,4-6H2,1-3H3,(H2,12,13). The zero-order valence-electron chi connectivity index (χ0n) is 10.1. The van der Waals surface area contributed by atoms with E-state index in [0.717, 1.165) is 29.8 Å². The van der Waals surface area contributed by atoms with Gasteiger partial charge in [-0.3, -0.25) is 0 Å². The molecule has 1 aliphatic rings. The van der Waals surface area contributed by atoms with Crippen LogP contribution in [0, 0.1) is 11.8 Å². The lowest BCUT2D eigenvalue weighted by Gasteiger charge is -2.36. The van der Waals surface area contributed by atoms with Crippen LogP contribution in [0.2, 0.25) is 0 Å². The molecular formula is C11H19N3S2. The van der Waals surface area contributed by atoms with Gasteiger partial charge in [-0.05, 0) is 36.0 Å². The number of thioether (sulfide) groups is 1. The summed E-state index contributed by atoms with van der Waals surface area (Å²) in [6.45, 7) is 6.95. The van der Waals surface area contributed by atoms with E-state index >= 15 is 0 Å². The topological polar surface area (TPSA) is 42.1 Å². The molecule has 0 saturated carbocycles. The van der Waals surface area contributed by atoms with Crippen molar-refractivity contribution in [3.8, 4) is 0 Å². The van der Waals surface area contributed by atoms with E-state index < -0.39 is 0 Å². The van der Waals surface area contributed by atoms with Crippen LogP contribution in [-0.4, -0.2) is 23.7 Å². The van der Waals surface area contributed by atoms with Gasteiger partial charge in [-0.25, -0.2) is 0 Å². The minimum Gasteiger partial charge on any atom is -0.382 e. The van der Waals surface area contributed by atoms with Gasteiger partial charge in [-0.2, -0.15) is 4.37 Å². The highest BCUT2D eigenvalue weighted by atomic mass is 32.2. The summed E-state index contributed by atoms with van der Waals surface area (Å²) in [5.74, 6) is 2.28. The van der Waals surface area contributed by atoms with Crippen molar-refractivity contribution in [1.82, 2.24) is 4.37 Å². The summed E-state index contributed by atoms with van der Waals surface area (Å²) in [6.07, 6.45) is 3.34. The molecule has 2 unspecified atom stereocenters. The van der Waals surface area contributed by atoms with Gasteiger partial charge < -0.3 is 10.6 Å². The first kappa shape index (κ1) is 12.0.